The van der Waals surface area contributed by atoms with Crippen LogP contribution in [0.2, 0.25) is 10.0 Å². The minimum atomic E-state index is -5.44. The molecule has 452 valence electrons. The molecule has 20 nitrogen and oxygen atoms in total. The largest absolute Gasteiger partial charge is 0.511 e. The number of sulfonamides is 1. The minimum Gasteiger partial charge on any atom is -0.478 e. The Morgan fingerprint density at radius 1 is 0.593 bits per heavy atom. The van der Waals surface area contributed by atoms with Gasteiger partial charge in [0.15, 0.2) is 0 Å². The van der Waals surface area contributed by atoms with E-state index < -0.39 is 15.5 Å². The second-order valence-corrected chi connectivity index (χ2v) is 21.2. The van der Waals surface area contributed by atoms with Crippen LogP contribution in [0.1, 0.15) is 67.6 Å². The molecule has 3 aromatic carbocycles. The number of piperidine rings is 1. The summed E-state index contributed by atoms with van der Waals surface area (Å²) in [6.45, 7) is 7.58. The molecule has 26 heteroatoms. The zero-order chi connectivity index (χ0) is 58.0. The molecule has 0 unspecified atom stereocenters. The van der Waals surface area contributed by atoms with Crippen molar-refractivity contribution in [1.82, 2.24) is 20.0 Å². The molecule has 2 heterocycles. The molecule has 5 rings (SSSR count). The number of alkyl halides is 3. The van der Waals surface area contributed by atoms with Gasteiger partial charge in [-0.1, -0.05) is 53.5 Å². The number of nitrogens with two attached hydrogens (primary N) is 1. The third-order valence-corrected chi connectivity index (χ3v) is 14.6. The topological polar surface area (TPSA) is 239 Å². The number of nitrogens with zero attached hydrogens (tertiary/aromatic N) is 2. The fourth-order valence-electron chi connectivity index (χ4n) is 8.28. The number of ether oxygens (including phenoxy) is 10. The number of carbonyl (C=O) groups is 2. The van der Waals surface area contributed by atoms with Gasteiger partial charge in [0, 0.05) is 65.2 Å². The van der Waals surface area contributed by atoms with Crippen LogP contribution >= 0.6 is 23.2 Å². The molecule has 1 fully saturated rings. The van der Waals surface area contributed by atoms with Crippen LogP contribution in [0.15, 0.2) is 72.8 Å². The number of carbonyl (C=O) groups excluding carboxylic acids is 2. The lowest BCUT2D eigenvalue weighted by Crippen LogP contribution is -2.47. The molecule has 0 aliphatic carbocycles. The highest BCUT2D eigenvalue weighted by Crippen LogP contribution is 2.38. The highest BCUT2D eigenvalue weighted by Gasteiger charge is 2.50. The van der Waals surface area contributed by atoms with E-state index in [4.69, 9.17) is 81.4 Å². The molecule has 1 aromatic heterocycles. The van der Waals surface area contributed by atoms with Gasteiger partial charge in [-0.05, 0) is 85.2 Å². The Labute approximate surface area is 482 Å². The fourth-order valence-corrected chi connectivity index (χ4v) is 9.51. The maximum atomic E-state index is 13.4. The lowest BCUT2D eigenvalue weighted by Gasteiger charge is -2.32. The number of pyridine rings is 1. The fraction of sp³-hybridized carbons (Fsp3) is 0.582. The van der Waals surface area contributed by atoms with Crippen LogP contribution < -0.4 is 26.6 Å². The zero-order valence-electron chi connectivity index (χ0n) is 45.6. The number of halogens is 5. The average molecular weight is 1210 g/mol. The molecule has 0 atom stereocenters. The Morgan fingerprint density at radius 3 is 1.52 bits per heavy atom. The smallest absolute Gasteiger partial charge is 0.478 e. The van der Waals surface area contributed by atoms with Gasteiger partial charge in [-0.2, -0.15) is 17.5 Å². The molecule has 0 saturated carbocycles. The number of hydrazine groups is 1. The summed E-state index contributed by atoms with van der Waals surface area (Å²) in [5, 5.41) is 8.29. The van der Waals surface area contributed by atoms with E-state index in [1.807, 2.05) is 72.2 Å². The van der Waals surface area contributed by atoms with Crippen molar-refractivity contribution in [3.05, 3.63) is 99.5 Å². The SMILES string of the molecule is NNC(=O)CCOCCOCCOCCOCCOCCOCCOCCOCCOCCNC(=O)CCCCCOc1cc(NC2CCN(S(=O)(=O)C(F)(F)F)CC2)c2cc(C(c3ccc(Cl)cc3)c3ccc(Cl)cc3)ccc2n1. The van der Waals surface area contributed by atoms with Gasteiger partial charge in [-0.25, -0.2) is 19.2 Å². The van der Waals surface area contributed by atoms with Crippen LogP contribution in [-0.4, -0.2) is 186 Å². The standard InChI is InChI=1S/C55H77Cl2F3N6O14S/c56-45-10-5-42(6-11-45)54(43-7-12-46(57)13-8-43)44-9-14-49-48(40-44)50(63-47-15-19-66(20-16-47)81(69,70)55(58,59)60)41-53(64-49)80-21-3-1-2-4-51(67)62-18-23-72-25-27-74-29-31-76-33-35-78-37-39-79-38-36-77-34-32-75-30-28-73-26-24-71-22-17-52(68)65-61/h5-14,40-41,47,54H,1-4,15-39,61H2,(H,62,67)(H,63,64)(H,65,68). The van der Waals surface area contributed by atoms with Crippen molar-refractivity contribution >= 4 is 61.6 Å². The van der Waals surface area contributed by atoms with Crippen LogP contribution in [0.4, 0.5) is 18.9 Å². The van der Waals surface area contributed by atoms with Crippen LogP contribution in [0.5, 0.6) is 5.88 Å². The first-order valence-electron chi connectivity index (χ1n) is 27.1. The molecule has 1 aliphatic heterocycles. The van der Waals surface area contributed by atoms with E-state index in [0.29, 0.717) is 176 Å². The average Bonchev–Trinajstić information content (AvgIpc) is 3.65. The molecule has 1 aliphatic rings. The number of amides is 2. The van der Waals surface area contributed by atoms with Crippen LogP contribution in [0.25, 0.3) is 10.9 Å². The summed E-state index contributed by atoms with van der Waals surface area (Å²) in [4.78, 5) is 28.3. The first-order valence-corrected chi connectivity index (χ1v) is 29.3. The van der Waals surface area contributed by atoms with Crippen LogP contribution in [0.3, 0.4) is 0 Å². The molecule has 1 saturated heterocycles. The van der Waals surface area contributed by atoms with E-state index >= 15 is 0 Å². The maximum Gasteiger partial charge on any atom is 0.511 e. The number of hydrogen-bond donors (Lipinski definition) is 4. The summed E-state index contributed by atoms with van der Waals surface area (Å²) in [5.41, 5.74) is 0.824. The maximum absolute atomic E-state index is 13.4. The first-order chi connectivity index (χ1) is 39.2. The minimum absolute atomic E-state index is 0.0799. The Balaban J connectivity index is 0.890. The van der Waals surface area contributed by atoms with Gasteiger partial charge in [0.05, 0.1) is 137 Å². The highest BCUT2D eigenvalue weighted by molar-refractivity contribution is 7.90. The molecular formula is C55H77Cl2F3N6O14S. The third kappa shape index (κ3) is 25.9. The number of unbranched alkanes of at least 4 members (excludes halogenated alkanes) is 2. The summed E-state index contributed by atoms with van der Waals surface area (Å²) in [6.07, 6.45) is 2.87. The van der Waals surface area contributed by atoms with E-state index in [0.717, 1.165) is 28.5 Å². The second kappa shape index (κ2) is 38.4. The molecule has 0 bridgehead atoms. The zero-order valence-corrected chi connectivity index (χ0v) is 47.9. The molecular weight excluding hydrogens is 1130 g/mol. The van der Waals surface area contributed by atoms with E-state index in [1.54, 1.807) is 6.07 Å². The second-order valence-electron chi connectivity index (χ2n) is 18.4. The molecule has 4 aromatic rings. The van der Waals surface area contributed by atoms with Crippen molar-refractivity contribution in [2.75, 3.05) is 150 Å². The number of benzene rings is 3. The molecule has 81 heavy (non-hydrogen) atoms. The summed E-state index contributed by atoms with van der Waals surface area (Å²) < 4.78 is 120. The van der Waals surface area contributed by atoms with E-state index in [-0.39, 0.29) is 62.7 Å². The van der Waals surface area contributed by atoms with Gasteiger partial charge in [0.2, 0.25) is 17.7 Å². The summed E-state index contributed by atoms with van der Waals surface area (Å²) in [5.74, 6) is 4.76. The summed E-state index contributed by atoms with van der Waals surface area (Å²) in [6, 6.07) is 22.5. The Kier molecular flexibility index (Phi) is 31.9. The Morgan fingerprint density at radius 2 is 1.05 bits per heavy atom. The van der Waals surface area contributed by atoms with Crippen molar-refractivity contribution in [2.45, 2.75) is 62.4 Å². The van der Waals surface area contributed by atoms with Crippen molar-refractivity contribution in [1.29, 1.82) is 0 Å². The number of aromatic nitrogens is 1. The number of anilines is 1. The Hall–Kier alpha value is -4.51. The molecule has 0 radical (unpaired) electrons. The van der Waals surface area contributed by atoms with Gasteiger partial charge < -0.3 is 58.0 Å². The quantitative estimate of drug-likeness (QED) is 0.0114. The van der Waals surface area contributed by atoms with Gasteiger partial charge in [0.1, 0.15) is 0 Å². The number of hydrogen-bond acceptors (Lipinski definition) is 17. The van der Waals surface area contributed by atoms with Gasteiger partial charge >= 0.3 is 15.5 Å². The predicted molar refractivity (Wildman–Crippen MR) is 300 cm³/mol. The number of nitrogens with one attached hydrogen (secondary N) is 3. The number of fused-ring (bicyclic) bond motifs is 1. The van der Waals surface area contributed by atoms with E-state index in [9.17, 15) is 31.2 Å². The lowest BCUT2D eigenvalue weighted by molar-refractivity contribution is -0.122. The molecule has 2 amide bonds. The predicted octanol–water partition coefficient (Wildman–Crippen LogP) is 7.03. The monoisotopic (exact) mass is 1200 g/mol. The van der Waals surface area contributed by atoms with E-state index in [1.165, 1.54) is 0 Å². The van der Waals surface area contributed by atoms with Gasteiger partial charge in [-0.15, -0.1) is 0 Å². The summed E-state index contributed by atoms with van der Waals surface area (Å²) in [7, 11) is -5.44. The normalized spacial score (nSPS) is 13.5. The number of rotatable bonds is 43. The molecule has 0 spiro atoms. The first kappa shape index (κ1) is 67.3. The Bertz CT molecular complexity index is 2480. The van der Waals surface area contributed by atoms with Gasteiger partial charge in [-0.3, -0.25) is 15.0 Å². The van der Waals surface area contributed by atoms with Crippen molar-refractivity contribution in [2.24, 2.45) is 5.84 Å². The van der Waals surface area contributed by atoms with Crippen LogP contribution in [0, 0.1) is 0 Å². The molecule has 5 N–H and O–H groups in total. The lowest BCUT2D eigenvalue weighted by atomic mass is 9.84. The summed E-state index contributed by atoms with van der Waals surface area (Å²) >= 11 is 12.5. The van der Waals surface area contributed by atoms with Crippen molar-refractivity contribution in [3.63, 3.8) is 0 Å². The van der Waals surface area contributed by atoms with Gasteiger partial charge in [0.25, 0.3) is 0 Å². The highest BCUT2D eigenvalue weighted by atomic mass is 35.5. The third-order valence-electron chi connectivity index (χ3n) is 12.5. The van der Waals surface area contributed by atoms with Crippen molar-refractivity contribution < 1.29 is 78.5 Å². The van der Waals surface area contributed by atoms with Crippen LogP contribution in [-0.2, 0) is 62.2 Å². The van der Waals surface area contributed by atoms with Crippen molar-refractivity contribution in [3.8, 4) is 5.88 Å². The van der Waals surface area contributed by atoms with E-state index in [2.05, 4.69) is 10.6 Å².